The van der Waals surface area contributed by atoms with Crippen LogP contribution in [0.5, 0.6) is 0 Å². The molecule has 4 rings (SSSR count). The number of aromatic nitrogens is 1. The summed E-state index contributed by atoms with van der Waals surface area (Å²) in [4.78, 5) is 30.4. The van der Waals surface area contributed by atoms with Crippen molar-refractivity contribution >= 4 is 51.7 Å². The number of anilines is 1. The van der Waals surface area contributed by atoms with Crippen LogP contribution < -0.4 is 5.32 Å². The number of benzene rings is 2. The lowest BCUT2D eigenvalue weighted by molar-refractivity contribution is -0.123. The fourth-order valence-electron chi connectivity index (χ4n) is 3.58. The minimum absolute atomic E-state index is 0.0348. The fraction of sp³-hybridized carbons (Fsp3) is 0.222. The van der Waals surface area contributed by atoms with Gasteiger partial charge in [0.1, 0.15) is 11.8 Å². The molecule has 2 aromatic heterocycles. The number of halogens is 2. The minimum atomic E-state index is -1.29. The van der Waals surface area contributed by atoms with Crippen LogP contribution in [-0.2, 0) is 4.79 Å². The van der Waals surface area contributed by atoms with Crippen LogP contribution >= 0.6 is 23.2 Å². The summed E-state index contributed by atoms with van der Waals surface area (Å²) in [6, 6.07) is 16.3. The predicted octanol–water partition coefficient (Wildman–Crippen LogP) is 7.02. The molecule has 0 saturated heterocycles. The Morgan fingerprint density at radius 3 is 2.29 bits per heavy atom. The Kier molecular flexibility index (Phi) is 6.73. The summed E-state index contributed by atoms with van der Waals surface area (Å²) in [6.45, 7) is 6.61. The molecule has 2 heterocycles. The third-order valence-corrected chi connectivity index (χ3v) is 6.06. The molecule has 180 valence electrons. The van der Waals surface area contributed by atoms with Gasteiger partial charge in [0.15, 0.2) is 5.76 Å². The highest BCUT2D eigenvalue weighted by atomic mass is 35.5. The van der Waals surface area contributed by atoms with Gasteiger partial charge in [-0.15, -0.1) is 0 Å². The number of carbonyl (C=O) groups is 2. The van der Waals surface area contributed by atoms with Gasteiger partial charge in [0.05, 0.1) is 11.1 Å². The number of carbonyl (C=O) groups excluding carboxylic acids is 2. The van der Waals surface area contributed by atoms with Crippen molar-refractivity contribution in [1.29, 1.82) is 0 Å². The maximum atomic E-state index is 13.2. The van der Waals surface area contributed by atoms with Gasteiger partial charge in [-0.05, 0) is 36.8 Å². The van der Waals surface area contributed by atoms with Gasteiger partial charge in [-0.25, -0.2) is 4.98 Å². The van der Waals surface area contributed by atoms with Crippen LogP contribution in [0.1, 0.15) is 38.2 Å². The Labute approximate surface area is 212 Å². The zero-order valence-electron chi connectivity index (χ0n) is 19.6. The first kappa shape index (κ1) is 24.9. The van der Waals surface area contributed by atoms with E-state index >= 15 is 0 Å². The Morgan fingerprint density at radius 1 is 1.03 bits per heavy atom. The average Bonchev–Trinajstić information content (AvgIpc) is 3.15. The summed E-state index contributed by atoms with van der Waals surface area (Å²) in [5, 5.41) is 13.9. The van der Waals surface area contributed by atoms with E-state index < -0.39 is 17.4 Å². The number of pyridine rings is 1. The lowest BCUT2D eigenvalue weighted by Gasteiger charge is -2.16. The monoisotopic (exact) mass is 510 g/mol. The number of nitrogens with one attached hydrogen (secondary N) is 1. The second-order valence-corrected chi connectivity index (χ2v) is 10.1. The molecule has 0 aliphatic carbocycles. The Morgan fingerprint density at radius 2 is 1.69 bits per heavy atom. The number of hydrogen-bond donors (Lipinski definition) is 2. The van der Waals surface area contributed by atoms with Crippen molar-refractivity contribution in [3.8, 4) is 22.4 Å². The third kappa shape index (κ3) is 4.96. The number of furan rings is 1. The zero-order valence-corrected chi connectivity index (χ0v) is 21.2. The summed E-state index contributed by atoms with van der Waals surface area (Å²) in [7, 11) is 0. The molecule has 0 aliphatic rings. The molecular weight excluding hydrogens is 487 g/mol. The SMILES string of the molecule is C[C@H](O)C(=O)Nc1c(C(=O)C(C)(C)C)oc2nc(-c3ccccc3Cl)c(-c3ccc(Cl)cc3)cc12. The molecule has 0 fully saturated rings. The summed E-state index contributed by atoms with van der Waals surface area (Å²) < 4.78 is 5.96. The molecule has 6 nitrogen and oxygen atoms in total. The molecule has 0 radical (unpaired) electrons. The van der Waals surface area contributed by atoms with Gasteiger partial charge < -0.3 is 14.8 Å². The number of aliphatic hydroxyl groups is 1. The van der Waals surface area contributed by atoms with Gasteiger partial charge >= 0.3 is 0 Å². The predicted molar refractivity (Wildman–Crippen MR) is 139 cm³/mol. The van der Waals surface area contributed by atoms with Crippen LogP contribution in [0.25, 0.3) is 33.5 Å². The second-order valence-electron chi connectivity index (χ2n) is 9.27. The first-order valence-electron chi connectivity index (χ1n) is 11.0. The Hall–Kier alpha value is -3.19. The largest absolute Gasteiger partial charge is 0.432 e. The fourth-order valence-corrected chi connectivity index (χ4v) is 3.93. The van der Waals surface area contributed by atoms with Crippen molar-refractivity contribution in [3.05, 3.63) is 70.4 Å². The molecule has 35 heavy (non-hydrogen) atoms. The topological polar surface area (TPSA) is 92.4 Å². The first-order valence-corrected chi connectivity index (χ1v) is 11.7. The number of aliphatic hydroxyl groups excluding tert-OH is 1. The van der Waals surface area contributed by atoms with Crippen molar-refractivity contribution in [1.82, 2.24) is 4.98 Å². The van der Waals surface area contributed by atoms with Gasteiger partial charge in [-0.1, -0.05) is 74.3 Å². The quantitative estimate of drug-likeness (QED) is 0.281. The number of amides is 1. The second kappa shape index (κ2) is 9.46. The molecule has 8 heteroatoms. The summed E-state index contributed by atoms with van der Waals surface area (Å²) >= 11 is 12.6. The molecule has 1 amide bonds. The van der Waals surface area contributed by atoms with Crippen LogP contribution in [0, 0.1) is 5.41 Å². The van der Waals surface area contributed by atoms with E-state index in [-0.39, 0.29) is 22.9 Å². The molecule has 2 N–H and O–H groups in total. The maximum absolute atomic E-state index is 13.2. The molecule has 0 bridgehead atoms. The van der Waals surface area contributed by atoms with E-state index in [0.717, 1.165) is 5.56 Å². The highest BCUT2D eigenvalue weighted by Crippen LogP contribution is 2.41. The number of Topliss-reactive ketones (excluding diaryl/α,β-unsaturated/α-hetero) is 1. The third-order valence-electron chi connectivity index (χ3n) is 5.48. The van der Waals surface area contributed by atoms with Crippen molar-refractivity contribution in [2.75, 3.05) is 5.32 Å². The van der Waals surface area contributed by atoms with Gasteiger partial charge in [-0.3, -0.25) is 9.59 Å². The van der Waals surface area contributed by atoms with Gasteiger partial charge in [-0.2, -0.15) is 0 Å². The van der Waals surface area contributed by atoms with Crippen LogP contribution in [0.15, 0.2) is 59.0 Å². The van der Waals surface area contributed by atoms with Crippen molar-refractivity contribution < 1.29 is 19.1 Å². The molecule has 4 aromatic rings. The van der Waals surface area contributed by atoms with Gasteiger partial charge in [0, 0.05) is 26.6 Å². The van der Waals surface area contributed by atoms with E-state index in [9.17, 15) is 14.7 Å². The normalized spacial score (nSPS) is 12.5. The maximum Gasteiger partial charge on any atom is 0.253 e. The highest BCUT2D eigenvalue weighted by Gasteiger charge is 2.32. The minimum Gasteiger partial charge on any atom is -0.432 e. The average molecular weight is 511 g/mol. The lowest BCUT2D eigenvalue weighted by Crippen LogP contribution is -2.26. The number of rotatable bonds is 5. The summed E-state index contributed by atoms with van der Waals surface area (Å²) in [5.74, 6) is -1.02. The number of ketones is 1. The Balaban J connectivity index is 2.06. The Bertz CT molecular complexity index is 1430. The standard InChI is InChI=1S/C27H24Cl2N2O4/c1-14(32)25(34)30-22-19-13-18(15-9-11-16(28)12-10-15)21(17-7-5-6-8-20(17)29)31-26(19)35-23(22)24(33)27(2,3)4/h5-14,32H,1-4H3,(H,30,34)/t14-/m0/s1. The van der Waals surface area contributed by atoms with Crippen molar-refractivity contribution in [3.63, 3.8) is 0 Å². The van der Waals surface area contributed by atoms with E-state index in [1.807, 2.05) is 30.3 Å². The summed E-state index contributed by atoms with van der Waals surface area (Å²) in [6.07, 6.45) is -1.29. The molecule has 0 aliphatic heterocycles. The zero-order chi connectivity index (χ0) is 25.5. The van der Waals surface area contributed by atoms with E-state index in [1.165, 1.54) is 6.92 Å². The van der Waals surface area contributed by atoms with Crippen LogP contribution in [-0.4, -0.2) is 27.9 Å². The number of fused-ring (bicyclic) bond motifs is 1. The van der Waals surface area contributed by atoms with Crippen LogP contribution in [0.2, 0.25) is 10.0 Å². The van der Waals surface area contributed by atoms with Gasteiger partial charge in [0.25, 0.3) is 5.91 Å². The lowest BCUT2D eigenvalue weighted by atomic mass is 9.88. The molecule has 0 saturated carbocycles. The van der Waals surface area contributed by atoms with E-state index in [2.05, 4.69) is 5.32 Å². The van der Waals surface area contributed by atoms with Crippen molar-refractivity contribution in [2.45, 2.75) is 33.8 Å². The summed E-state index contributed by atoms with van der Waals surface area (Å²) in [5.41, 5.74) is 2.26. The molecule has 2 aromatic carbocycles. The molecule has 1 atom stereocenters. The van der Waals surface area contributed by atoms with Gasteiger partial charge in [0.2, 0.25) is 11.5 Å². The van der Waals surface area contributed by atoms with E-state index in [1.54, 1.807) is 45.0 Å². The molecular formula is C27H24Cl2N2O4. The van der Waals surface area contributed by atoms with Crippen molar-refractivity contribution in [2.24, 2.45) is 5.41 Å². The number of nitrogens with zero attached hydrogens (tertiary/aromatic N) is 1. The van der Waals surface area contributed by atoms with Crippen LogP contribution in [0.3, 0.4) is 0 Å². The highest BCUT2D eigenvalue weighted by molar-refractivity contribution is 6.33. The number of hydrogen-bond acceptors (Lipinski definition) is 5. The van der Waals surface area contributed by atoms with E-state index in [0.29, 0.717) is 32.3 Å². The smallest absolute Gasteiger partial charge is 0.253 e. The molecule has 0 unspecified atom stereocenters. The van der Waals surface area contributed by atoms with Crippen LogP contribution in [0.4, 0.5) is 5.69 Å². The van der Waals surface area contributed by atoms with E-state index in [4.69, 9.17) is 32.6 Å². The first-order chi connectivity index (χ1) is 16.5. The molecule has 0 spiro atoms.